The molecule has 0 aliphatic rings. The fourth-order valence-electron chi connectivity index (χ4n) is 3.71. The number of H-pyrrole nitrogens is 1. The van der Waals surface area contributed by atoms with Crippen molar-refractivity contribution >= 4 is 22.8 Å². The highest BCUT2D eigenvalue weighted by Crippen LogP contribution is 2.27. The van der Waals surface area contributed by atoms with Crippen LogP contribution in [0.1, 0.15) is 22.8 Å². The largest absolute Gasteiger partial charge is 0.478 e. The number of rotatable bonds is 9. The van der Waals surface area contributed by atoms with Gasteiger partial charge in [-0.25, -0.2) is 19.7 Å². The fourth-order valence-corrected chi connectivity index (χ4v) is 3.71. The Balaban J connectivity index is 1.63. The molecule has 0 amide bonds. The van der Waals surface area contributed by atoms with Crippen LogP contribution in [0.4, 0.5) is 5.82 Å². The molecular weight excluding hydrogens is 420 g/mol. The number of nitrogen functional groups attached to an aromatic ring is 1. The number of nitrogens with zero attached hydrogens (tertiary/aromatic N) is 4. The lowest BCUT2D eigenvalue weighted by atomic mass is 10.1. The molecule has 0 aliphatic carbocycles. The van der Waals surface area contributed by atoms with E-state index in [1.54, 1.807) is 12.3 Å². The first-order valence-corrected chi connectivity index (χ1v) is 10.8. The number of aromatic nitrogens is 4. The molecule has 9 nitrogen and oxygen atoms in total. The van der Waals surface area contributed by atoms with Gasteiger partial charge >= 0.3 is 5.97 Å². The second-order valence-electron chi connectivity index (χ2n) is 7.72. The Bertz CT molecular complexity index is 1290. The molecule has 4 aromatic rings. The van der Waals surface area contributed by atoms with Gasteiger partial charge in [-0.15, -0.1) is 0 Å². The average molecular weight is 447 g/mol. The lowest BCUT2D eigenvalue weighted by molar-refractivity contribution is 0.0697. The third-order valence-corrected chi connectivity index (χ3v) is 5.56. The number of benzene rings is 2. The summed E-state index contributed by atoms with van der Waals surface area (Å²) >= 11 is 0. The summed E-state index contributed by atoms with van der Waals surface area (Å²) in [5.41, 5.74) is 10.6. The Kier molecular flexibility index (Phi) is 6.62. The SMILES string of the molecule is CCN(CCO)CCc1cccc(-c2cnc(N)c(-c3nc4ccc(C(=O)O)cc4[nH]3)n2)c1. The number of anilines is 1. The number of nitrogens with two attached hydrogens (primary N) is 1. The van der Waals surface area contributed by atoms with E-state index in [4.69, 9.17) is 10.7 Å². The van der Waals surface area contributed by atoms with Gasteiger partial charge in [-0.3, -0.25) is 0 Å². The average Bonchev–Trinajstić information content (AvgIpc) is 3.25. The predicted molar refractivity (Wildman–Crippen MR) is 127 cm³/mol. The van der Waals surface area contributed by atoms with E-state index in [9.17, 15) is 15.0 Å². The van der Waals surface area contributed by atoms with Gasteiger partial charge in [-0.05, 0) is 42.8 Å². The molecule has 0 fully saturated rings. The van der Waals surface area contributed by atoms with Crippen LogP contribution in [-0.2, 0) is 6.42 Å². The quantitative estimate of drug-likeness (QED) is 0.308. The Hall–Kier alpha value is -3.82. The number of aliphatic hydroxyl groups is 1. The van der Waals surface area contributed by atoms with Crippen LogP contribution in [0.3, 0.4) is 0 Å². The second kappa shape index (κ2) is 9.76. The third-order valence-electron chi connectivity index (χ3n) is 5.56. The van der Waals surface area contributed by atoms with Crippen LogP contribution in [0.15, 0.2) is 48.7 Å². The monoisotopic (exact) mass is 446 g/mol. The van der Waals surface area contributed by atoms with Gasteiger partial charge in [0.1, 0.15) is 5.69 Å². The van der Waals surface area contributed by atoms with Crippen molar-refractivity contribution in [1.29, 1.82) is 0 Å². The van der Waals surface area contributed by atoms with Crippen LogP contribution in [0.5, 0.6) is 0 Å². The van der Waals surface area contributed by atoms with E-state index >= 15 is 0 Å². The number of aliphatic hydroxyl groups excluding tert-OH is 1. The van der Waals surface area contributed by atoms with Gasteiger partial charge in [0.25, 0.3) is 0 Å². The van der Waals surface area contributed by atoms with Crippen molar-refractivity contribution in [3.8, 4) is 22.8 Å². The first-order valence-electron chi connectivity index (χ1n) is 10.8. The maximum atomic E-state index is 11.2. The number of hydrogen-bond acceptors (Lipinski definition) is 7. The van der Waals surface area contributed by atoms with Crippen LogP contribution < -0.4 is 5.73 Å². The standard InChI is InChI=1S/C24H26N6O3/c1-2-30(10-11-31)9-8-15-4-3-5-16(12-15)20-14-26-22(25)21(27-20)23-28-18-7-6-17(24(32)33)13-19(18)29-23/h3-7,12-14,31H,2,8-11H2,1H3,(H2,25,26)(H,28,29)(H,32,33). The van der Waals surface area contributed by atoms with Gasteiger partial charge in [-0.1, -0.05) is 25.1 Å². The summed E-state index contributed by atoms with van der Waals surface area (Å²) in [6.45, 7) is 4.64. The summed E-state index contributed by atoms with van der Waals surface area (Å²) in [4.78, 5) is 30.1. The molecule has 0 spiro atoms. The maximum absolute atomic E-state index is 11.2. The summed E-state index contributed by atoms with van der Waals surface area (Å²) in [6, 6.07) is 12.8. The van der Waals surface area contributed by atoms with Crippen LogP contribution >= 0.6 is 0 Å². The van der Waals surface area contributed by atoms with Crippen LogP contribution in [0.2, 0.25) is 0 Å². The molecule has 0 bridgehead atoms. The Morgan fingerprint density at radius 2 is 2.00 bits per heavy atom. The zero-order valence-electron chi connectivity index (χ0n) is 18.3. The highest BCUT2D eigenvalue weighted by molar-refractivity contribution is 5.93. The van der Waals surface area contributed by atoms with Crippen molar-refractivity contribution in [2.45, 2.75) is 13.3 Å². The molecule has 0 atom stereocenters. The highest BCUT2D eigenvalue weighted by Gasteiger charge is 2.15. The van der Waals surface area contributed by atoms with Gasteiger partial charge < -0.3 is 25.8 Å². The molecule has 9 heteroatoms. The number of aromatic carboxylic acids is 1. The number of imidazole rings is 1. The molecule has 33 heavy (non-hydrogen) atoms. The Labute approximate surface area is 190 Å². The number of hydrogen-bond donors (Lipinski definition) is 4. The normalized spacial score (nSPS) is 11.4. The van der Waals surface area contributed by atoms with Crippen LogP contribution in [-0.4, -0.2) is 67.3 Å². The number of aromatic amines is 1. The molecule has 0 aliphatic heterocycles. The molecule has 2 aromatic carbocycles. The van der Waals surface area contributed by atoms with Crippen molar-refractivity contribution in [3.63, 3.8) is 0 Å². The molecule has 0 saturated heterocycles. The number of fused-ring (bicyclic) bond motifs is 1. The van der Waals surface area contributed by atoms with E-state index in [2.05, 4.69) is 38.9 Å². The molecule has 0 saturated carbocycles. The van der Waals surface area contributed by atoms with E-state index in [1.165, 1.54) is 12.1 Å². The Morgan fingerprint density at radius 1 is 1.15 bits per heavy atom. The molecule has 2 aromatic heterocycles. The topological polar surface area (TPSA) is 141 Å². The number of nitrogens with one attached hydrogen (secondary N) is 1. The molecule has 2 heterocycles. The summed E-state index contributed by atoms with van der Waals surface area (Å²) in [7, 11) is 0. The summed E-state index contributed by atoms with van der Waals surface area (Å²) in [6.07, 6.45) is 2.49. The molecule has 0 unspecified atom stereocenters. The summed E-state index contributed by atoms with van der Waals surface area (Å²) in [5, 5.41) is 18.4. The summed E-state index contributed by atoms with van der Waals surface area (Å²) in [5.74, 6) is -0.346. The fraction of sp³-hybridized carbons (Fsp3) is 0.250. The Morgan fingerprint density at radius 3 is 2.76 bits per heavy atom. The lowest BCUT2D eigenvalue weighted by Crippen LogP contribution is -2.28. The lowest BCUT2D eigenvalue weighted by Gasteiger charge is -2.19. The van der Waals surface area contributed by atoms with Gasteiger partial charge in [0, 0.05) is 18.7 Å². The minimum absolute atomic E-state index is 0.150. The van der Waals surface area contributed by atoms with Gasteiger partial charge in [0.15, 0.2) is 11.6 Å². The first kappa shape index (κ1) is 22.4. The minimum Gasteiger partial charge on any atom is -0.478 e. The van der Waals surface area contributed by atoms with Gasteiger partial charge in [-0.2, -0.15) is 0 Å². The van der Waals surface area contributed by atoms with E-state index in [0.717, 1.165) is 30.6 Å². The molecule has 0 radical (unpaired) electrons. The third kappa shape index (κ3) is 5.00. The van der Waals surface area contributed by atoms with Crippen molar-refractivity contribution in [3.05, 3.63) is 59.8 Å². The predicted octanol–water partition coefficient (Wildman–Crippen LogP) is 2.82. The van der Waals surface area contributed by atoms with Crippen LogP contribution in [0, 0.1) is 0 Å². The zero-order chi connectivity index (χ0) is 23.4. The van der Waals surface area contributed by atoms with Crippen LogP contribution in [0.25, 0.3) is 33.8 Å². The highest BCUT2D eigenvalue weighted by atomic mass is 16.4. The van der Waals surface area contributed by atoms with E-state index in [-0.39, 0.29) is 18.0 Å². The van der Waals surface area contributed by atoms with E-state index in [1.807, 2.05) is 12.1 Å². The van der Waals surface area contributed by atoms with Crippen molar-refractivity contribution in [2.24, 2.45) is 0 Å². The number of carboxylic acids is 1. The molecular formula is C24H26N6O3. The second-order valence-corrected chi connectivity index (χ2v) is 7.72. The van der Waals surface area contributed by atoms with Gasteiger partial charge in [0.05, 0.1) is 35.1 Å². The number of carboxylic acid groups (broad SMARTS) is 1. The van der Waals surface area contributed by atoms with E-state index < -0.39 is 5.97 Å². The maximum Gasteiger partial charge on any atom is 0.335 e. The van der Waals surface area contributed by atoms with E-state index in [0.29, 0.717) is 34.8 Å². The molecule has 4 rings (SSSR count). The number of likely N-dealkylation sites (N-methyl/N-ethyl adjacent to an activating group) is 1. The van der Waals surface area contributed by atoms with Crippen molar-refractivity contribution in [2.75, 3.05) is 32.0 Å². The smallest absolute Gasteiger partial charge is 0.335 e. The first-order chi connectivity index (χ1) is 16.0. The number of carbonyl (C=O) groups is 1. The van der Waals surface area contributed by atoms with Crippen molar-refractivity contribution in [1.82, 2.24) is 24.8 Å². The van der Waals surface area contributed by atoms with Gasteiger partial charge in [0.2, 0.25) is 0 Å². The minimum atomic E-state index is -1.01. The summed E-state index contributed by atoms with van der Waals surface area (Å²) < 4.78 is 0. The molecule has 170 valence electrons. The van der Waals surface area contributed by atoms with Crippen molar-refractivity contribution < 1.29 is 15.0 Å². The molecule has 5 N–H and O–H groups in total. The zero-order valence-corrected chi connectivity index (χ0v) is 18.3.